The first-order valence-corrected chi connectivity index (χ1v) is 20.6. The second kappa shape index (κ2) is 13.1. The molecule has 187 valence electrons. The molecule has 2 heteroatoms. The van der Waals surface area contributed by atoms with Gasteiger partial charge in [-0.1, -0.05) is 13.1 Å². The van der Waals surface area contributed by atoms with E-state index in [-0.39, 0.29) is 0 Å². The number of allylic oxidation sites excluding steroid dienone is 4. The summed E-state index contributed by atoms with van der Waals surface area (Å²) in [4.78, 5) is 0. The van der Waals surface area contributed by atoms with E-state index in [4.69, 9.17) is 0 Å². The van der Waals surface area contributed by atoms with Crippen molar-refractivity contribution in [2.45, 2.75) is 20.3 Å². The van der Waals surface area contributed by atoms with E-state index in [1.807, 2.05) is 0 Å². The van der Waals surface area contributed by atoms with E-state index in [0.717, 1.165) is 0 Å². The SMILES string of the molecule is C(=Cc1ccccc1)C=[C](c1ccccc1)[Zr]([CH]1C=Cc2ccccc21)[CH]1C=Cc2ccccc21.C[SiH2]C. The molecule has 2 aliphatic rings. The van der Waals surface area contributed by atoms with Crippen LogP contribution in [0, 0.1) is 0 Å². The smallest absolute Gasteiger partial charge is 0.0135 e. The first-order valence-electron chi connectivity index (χ1n) is 13.7. The molecule has 0 spiro atoms. The maximum absolute atomic E-state index is 2.51. The minimum atomic E-state index is -2.44. The van der Waals surface area contributed by atoms with Gasteiger partial charge in [0, 0.05) is 9.52 Å². The van der Waals surface area contributed by atoms with Crippen molar-refractivity contribution in [3.8, 4) is 0 Å². The Bertz CT molecular complexity index is 1400. The van der Waals surface area contributed by atoms with Crippen LogP contribution in [0.15, 0.2) is 133 Å². The molecule has 0 aromatic heterocycles. The minimum absolute atomic E-state index is 0.417. The molecule has 0 fully saturated rings. The van der Waals surface area contributed by atoms with E-state index in [1.54, 1.807) is 3.28 Å². The van der Waals surface area contributed by atoms with Crippen molar-refractivity contribution in [3.05, 3.63) is 167 Å². The Morgan fingerprint density at radius 2 is 1.11 bits per heavy atom. The van der Waals surface area contributed by atoms with Crippen molar-refractivity contribution < 1.29 is 21.8 Å². The molecule has 0 radical (unpaired) electrons. The molecule has 6 rings (SSSR count). The summed E-state index contributed by atoms with van der Waals surface area (Å²) in [5.74, 6) is 0. The number of hydrogen-bond donors (Lipinski definition) is 0. The average molecular weight is 587 g/mol. The molecule has 0 N–H and O–H groups in total. The largest absolute Gasteiger partial charge is 0.0750 e. The van der Waals surface area contributed by atoms with Crippen LogP contribution in [0.4, 0.5) is 0 Å². The molecule has 0 aliphatic heterocycles. The molecule has 4 aromatic rings. The van der Waals surface area contributed by atoms with Crippen LogP contribution >= 0.6 is 0 Å². The van der Waals surface area contributed by atoms with Crippen molar-refractivity contribution in [1.29, 1.82) is 0 Å². The molecular weight excluding hydrogens is 552 g/mol. The van der Waals surface area contributed by atoms with Gasteiger partial charge in [-0.15, -0.1) is 0 Å². The van der Waals surface area contributed by atoms with Crippen molar-refractivity contribution in [2.75, 3.05) is 0 Å². The predicted octanol–water partition coefficient (Wildman–Crippen LogP) is 9.15. The van der Waals surface area contributed by atoms with Gasteiger partial charge in [0.1, 0.15) is 0 Å². The van der Waals surface area contributed by atoms with Gasteiger partial charge in [0.15, 0.2) is 0 Å². The number of fused-ring (bicyclic) bond motifs is 2. The first kappa shape index (κ1) is 26.5. The standard InChI is InChI=1S/C16H13.2C9H7.C2H8Si.Zr/c1-3-9-15(10-4-1)13-7-8-14-16-11-5-2-6-12-16;2*1-2-5-9-7-3-6-8(9)4-1;1-3-2;/h1-13H;2*1-7H;3H2,1-2H3;. The Morgan fingerprint density at radius 1 is 0.632 bits per heavy atom. The third-order valence-electron chi connectivity index (χ3n) is 7.02. The van der Waals surface area contributed by atoms with Crippen molar-refractivity contribution in [3.63, 3.8) is 0 Å². The maximum Gasteiger partial charge on any atom is 0.0135 e. The first-order chi connectivity index (χ1) is 18.8. The molecule has 2 unspecified atom stereocenters. The molecule has 2 atom stereocenters. The van der Waals surface area contributed by atoms with Gasteiger partial charge in [-0.25, -0.2) is 0 Å². The fraction of sp³-hybridized carbons (Fsp3) is 0.111. The van der Waals surface area contributed by atoms with Gasteiger partial charge in [0.25, 0.3) is 0 Å². The topological polar surface area (TPSA) is 0 Å². The summed E-state index contributed by atoms with van der Waals surface area (Å²) in [6.45, 7) is 4.53. The Labute approximate surface area is 238 Å². The Kier molecular flexibility index (Phi) is 9.18. The second-order valence-electron chi connectivity index (χ2n) is 9.81. The van der Waals surface area contributed by atoms with Crippen LogP contribution in [0.2, 0.25) is 13.1 Å². The fourth-order valence-electron chi connectivity index (χ4n) is 5.37. The van der Waals surface area contributed by atoms with Crippen molar-refractivity contribution >= 4 is 31.0 Å². The zero-order chi connectivity index (χ0) is 26.2. The fourth-order valence-corrected chi connectivity index (χ4v) is 14.3. The molecule has 0 amide bonds. The number of rotatable bonds is 6. The summed E-state index contributed by atoms with van der Waals surface area (Å²) < 4.78 is 2.58. The maximum atomic E-state index is 2.51. The molecular formula is C36H35SiZr. The van der Waals surface area contributed by atoms with Crippen molar-refractivity contribution in [1.82, 2.24) is 0 Å². The van der Waals surface area contributed by atoms with Crippen LogP contribution in [0.5, 0.6) is 0 Å². The van der Waals surface area contributed by atoms with Gasteiger partial charge in [-0.3, -0.25) is 0 Å². The predicted molar refractivity (Wildman–Crippen MR) is 167 cm³/mol. The van der Waals surface area contributed by atoms with Crippen LogP contribution in [0.3, 0.4) is 0 Å². The Morgan fingerprint density at radius 3 is 1.66 bits per heavy atom. The molecule has 0 nitrogen and oxygen atoms in total. The minimum Gasteiger partial charge on any atom is -0.0750 e. The van der Waals surface area contributed by atoms with Gasteiger partial charge in [0.2, 0.25) is 0 Å². The molecule has 2 aliphatic carbocycles. The summed E-state index contributed by atoms with van der Waals surface area (Å²) >= 11 is -2.44. The molecule has 0 heterocycles. The monoisotopic (exact) mass is 585 g/mol. The zero-order valence-corrected chi connectivity index (χ0v) is 26.2. The van der Waals surface area contributed by atoms with Gasteiger partial charge in [-0.05, 0) is 0 Å². The van der Waals surface area contributed by atoms with Crippen LogP contribution in [-0.2, 0) is 21.8 Å². The summed E-state index contributed by atoms with van der Waals surface area (Å²) in [7, 11) is 0.417. The zero-order valence-electron chi connectivity index (χ0n) is 22.3. The molecule has 0 saturated carbocycles. The third kappa shape index (κ3) is 5.98. The quantitative estimate of drug-likeness (QED) is 0.156. The summed E-state index contributed by atoms with van der Waals surface area (Å²) in [5, 5.41) is 0. The Hall–Kier alpha value is -3.06. The van der Waals surface area contributed by atoms with Gasteiger partial charge >= 0.3 is 217 Å². The van der Waals surface area contributed by atoms with E-state index < -0.39 is 21.8 Å². The van der Waals surface area contributed by atoms with E-state index >= 15 is 0 Å². The van der Waals surface area contributed by atoms with Crippen LogP contribution < -0.4 is 0 Å². The average Bonchev–Trinajstić information content (AvgIpc) is 3.59. The van der Waals surface area contributed by atoms with E-state index in [1.165, 1.54) is 33.4 Å². The molecule has 4 aromatic carbocycles. The normalized spacial score (nSPS) is 17.2. The van der Waals surface area contributed by atoms with Crippen molar-refractivity contribution in [2.24, 2.45) is 0 Å². The van der Waals surface area contributed by atoms with Crippen LogP contribution in [0.1, 0.15) is 40.6 Å². The number of benzene rings is 4. The summed E-state index contributed by atoms with van der Waals surface area (Å²) in [6.07, 6.45) is 16.7. The van der Waals surface area contributed by atoms with Gasteiger partial charge in [0.05, 0.1) is 0 Å². The third-order valence-corrected chi connectivity index (χ3v) is 15.4. The molecule has 0 saturated heterocycles. The van der Waals surface area contributed by atoms with E-state index in [0.29, 0.717) is 16.8 Å². The summed E-state index contributed by atoms with van der Waals surface area (Å²) in [6, 6.07) is 39.7. The van der Waals surface area contributed by atoms with Crippen LogP contribution in [-0.4, -0.2) is 9.52 Å². The Balaban J connectivity index is 0.000000937. The van der Waals surface area contributed by atoms with E-state index in [9.17, 15) is 0 Å². The van der Waals surface area contributed by atoms with E-state index in [2.05, 4.69) is 165 Å². The summed E-state index contributed by atoms with van der Waals surface area (Å²) in [5.41, 5.74) is 8.40. The molecule has 0 bridgehead atoms. The second-order valence-corrected chi connectivity index (χ2v) is 17.8. The van der Waals surface area contributed by atoms with Gasteiger partial charge < -0.3 is 0 Å². The molecule has 38 heavy (non-hydrogen) atoms. The van der Waals surface area contributed by atoms with Crippen LogP contribution in [0.25, 0.3) is 21.5 Å². The van der Waals surface area contributed by atoms with Gasteiger partial charge in [-0.2, -0.15) is 0 Å². The number of hydrogen-bond acceptors (Lipinski definition) is 0.